The highest BCUT2D eigenvalue weighted by molar-refractivity contribution is 6.16. The molecule has 88 valence electrons. The maximum atomic E-state index is 10.6. The fraction of sp³-hybridized carbons (Fsp3) is 0.250. The van der Waals surface area contributed by atoms with Crippen molar-refractivity contribution in [2.75, 3.05) is 6.61 Å². The van der Waals surface area contributed by atoms with E-state index in [1.54, 1.807) is 0 Å². The summed E-state index contributed by atoms with van der Waals surface area (Å²) in [5.74, 6) is -7.52. The molecule has 0 atom stereocenters. The van der Waals surface area contributed by atoms with Gasteiger partial charge in [0.15, 0.2) is 0 Å². The first-order valence-corrected chi connectivity index (χ1v) is 3.78. The van der Waals surface area contributed by atoms with Gasteiger partial charge in [-0.05, 0) is 0 Å². The van der Waals surface area contributed by atoms with E-state index in [1.165, 1.54) is 0 Å². The number of carboxylic acid groups (broad SMARTS) is 3. The molecule has 0 aliphatic carbocycles. The number of hydrogen-bond donors (Lipinski definition) is 3. The summed E-state index contributed by atoms with van der Waals surface area (Å²) in [7, 11) is 0. The Morgan fingerprint density at radius 2 is 1.44 bits per heavy atom. The molecule has 0 aromatic heterocycles. The highest BCUT2D eigenvalue weighted by Gasteiger charge is 2.56. The summed E-state index contributed by atoms with van der Waals surface area (Å²) >= 11 is 0. The van der Waals surface area contributed by atoms with Gasteiger partial charge in [0.2, 0.25) is 0 Å². The predicted octanol–water partition coefficient (Wildman–Crippen LogP) is -1.04. The number of aliphatic carboxylic acids is 3. The second-order valence-corrected chi connectivity index (χ2v) is 2.63. The van der Waals surface area contributed by atoms with Crippen LogP contribution in [0.4, 0.5) is 0 Å². The van der Waals surface area contributed by atoms with Gasteiger partial charge in [0.05, 0.1) is 0 Å². The van der Waals surface area contributed by atoms with Gasteiger partial charge in [-0.2, -0.15) is 0 Å². The molecule has 0 aliphatic rings. The standard InChI is InChI=1S/C8H8O8/c1-2-4(9)16-3-8(5(10)11,6(12)13)7(14)15/h2H,1,3H2,(H,10,11)(H,12,13)(H,14,15). The third-order valence-electron chi connectivity index (χ3n) is 1.69. The van der Waals surface area contributed by atoms with Crippen molar-refractivity contribution in [1.29, 1.82) is 0 Å². The van der Waals surface area contributed by atoms with E-state index in [2.05, 4.69) is 11.3 Å². The minimum Gasteiger partial charge on any atom is -0.480 e. The topological polar surface area (TPSA) is 138 Å². The summed E-state index contributed by atoms with van der Waals surface area (Å²) in [5, 5.41) is 25.7. The summed E-state index contributed by atoms with van der Waals surface area (Å²) in [6, 6.07) is 0. The van der Waals surface area contributed by atoms with Crippen LogP contribution in [-0.4, -0.2) is 45.8 Å². The molecule has 16 heavy (non-hydrogen) atoms. The van der Waals surface area contributed by atoms with Gasteiger partial charge < -0.3 is 20.1 Å². The first kappa shape index (κ1) is 13.6. The Labute approximate surface area is 88.7 Å². The SMILES string of the molecule is C=CC(=O)OCC(C(=O)O)(C(=O)O)C(=O)O. The monoisotopic (exact) mass is 232 g/mol. The number of carbonyl (C=O) groups is 4. The molecule has 0 aromatic rings. The van der Waals surface area contributed by atoms with Crippen molar-refractivity contribution in [2.24, 2.45) is 5.41 Å². The first-order valence-electron chi connectivity index (χ1n) is 3.78. The van der Waals surface area contributed by atoms with Crippen molar-refractivity contribution in [1.82, 2.24) is 0 Å². The number of ether oxygens (including phenoxy) is 1. The molecule has 0 aromatic carbocycles. The third-order valence-corrected chi connectivity index (χ3v) is 1.69. The number of carbonyl (C=O) groups excluding carboxylic acids is 1. The van der Waals surface area contributed by atoms with Crippen molar-refractivity contribution in [3.63, 3.8) is 0 Å². The molecule has 0 spiro atoms. The Morgan fingerprint density at radius 1 is 1.06 bits per heavy atom. The lowest BCUT2D eigenvalue weighted by Gasteiger charge is -2.18. The zero-order valence-corrected chi connectivity index (χ0v) is 7.87. The molecule has 8 heteroatoms. The van der Waals surface area contributed by atoms with Crippen molar-refractivity contribution < 1.29 is 39.2 Å². The first-order chi connectivity index (χ1) is 7.28. The van der Waals surface area contributed by atoms with E-state index < -0.39 is 35.9 Å². The lowest BCUT2D eigenvalue weighted by Crippen LogP contribution is -2.50. The molecule has 0 rings (SSSR count). The van der Waals surface area contributed by atoms with Gasteiger partial charge in [0, 0.05) is 6.08 Å². The van der Waals surface area contributed by atoms with E-state index in [1.807, 2.05) is 0 Å². The minimum absolute atomic E-state index is 0.649. The van der Waals surface area contributed by atoms with E-state index >= 15 is 0 Å². The van der Waals surface area contributed by atoms with Crippen molar-refractivity contribution in [2.45, 2.75) is 0 Å². The van der Waals surface area contributed by atoms with Gasteiger partial charge in [-0.3, -0.25) is 14.4 Å². The molecule has 3 N–H and O–H groups in total. The van der Waals surface area contributed by atoms with E-state index in [0.29, 0.717) is 6.08 Å². The fourth-order valence-corrected chi connectivity index (χ4v) is 0.698. The number of esters is 1. The number of hydrogen-bond acceptors (Lipinski definition) is 5. The summed E-state index contributed by atoms with van der Waals surface area (Å²) in [4.78, 5) is 42.5. The van der Waals surface area contributed by atoms with E-state index in [0.717, 1.165) is 0 Å². The molecule has 8 nitrogen and oxygen atoms in total. The van der Waals surface area contributed by atoms with Crippen molar-refractivity contribution in [3.8, 4) is 0 Å². The summed E-state index contributed by atoms with van der Waals surface area (Å²) in [6.07, 6.45) is 0.649. The number of carboxylic acids is 3. The Hall–Kier alpha value is -2.38. The highest BCUT2D eigenvalue weighted by Crippen LogP contribution is 2.19. The normalized spacial score (nSPS) is 10.2. The molecule has 0 bridgehead atoms. The van der Waals surface area contributed by atoms with Crippen LogP contribution in [0.15, 0.2) is 12.7 Å². The van der Waals surface area contributed by atoms with Crippen LogP contribution in [0, 0.1) is 5.41 Å². The Balaban J connectivity index is 5.14. The summed E-state index contributed by atoms with van der Waals surface area (Å²) in [5.41, 5.74) is -3.21. The zero-order chi connectivity index (χ0) is 12.9. The molecular formula is C8H8O8. The van der Waals surface area contributed by atoms with Crippen LogP contribution in [0.5, 0.6) is 0 Å². The molecule has 0 radical (unpaired) electrons. The second-order valence-electron chi connectivity index (χ2n) is 2.63. The Morgan fingerprint density at radius 3 is 1.69 bits per heavy atom. The smallest absolute Gasteiger partial charge is 0.336 e. The molecule has 0 unspecified atom stereocenters. The van der Waals surface area contributed by atoms with Crippen LogP contribution in [0.1, 0.15) is 0 Å². The van der Waals surface area contributed by atoms with Crippen LogP contribution >= 0.6 is 0 Å². The average molecular weight is 232 g/mol. The molecule has 0 saturated carbocycles. The number of rotatable bonds is 6. The molecular weight excluding hydrogens is 224 g/mol. The van der Waals surface area contributed by atoms with Gasteiger partial charge in [-0.1, -0.05) is 6.58 Å². The largest absolute Gasteiger partial charge is 0.480 e. The van der Waals surface area contributed by atoms with Gasteiger partial charge in [-0.25, -0.2) is 4.79 Å². The molecule has 0 fully saturated rings. The second kappa shape index (κ2) is 4.91. The van der Waals surface area contributed by atoms with E-state index in [4.69, 9.17) is 15.3 Å². The minimum atomic E-state index is -3.21. The van der Waals surface area contributed by atoms with Crippen molar-refractivity contribution in [3.05, 3.63) is 12.7 Å². The average Bonchev–Trinajstić information content (AvgIpc) is 2.16. The molecule has 0 amide bonds. The van der Waals surface area contributed by atoms with Crippen molar-refractivity contribution >= 4 is 23.9 Å². The maximum absolute atomic E-state index is 10.6. The molecule has 0 saturated heterocycles. The molecule has 0 aliphatic heterocycles. The van der Waals surface area contributed by atoms with Gasteiger partial charge in [0.1, 0.15) is 6.61 Å². The van der Waals surface area contributed by atoms with Gasteiger partial charge >= 0.3 is 23.9 Å². The quantitative estimate of drug-likeness (QED) is 0.299. The maximum Gasteiger partial charge on any atom is 0.336 e. The van der Waals surface area contributed by atoms with Gasteiger partial charge in [0.25, 0.3) is 5.41 Å². The predicted molar refractivity (Wildman–Crippen MR) is 46.5 cm³/mol. The van der Waals surface area contributed by atoms with E-state index in [9.17, 15) is 19.2 Å². The van der Waals surface area contributed by atoms with Crippen LogP contribution < -0.4 is 0 Å². The van der Waals surface area contributed by atoms with Crippen LogP contribution in [0.2, 0.25) is 0 Å². The third kappa shape index (κ3) is 2.35. The lowest BCUT2D eigenvalue weighted by molar-refractivity contribution is -0.180. The Kier molecular flexibility index (Phi) is 4.18. The molecule has 0 heterocycles. The lowest BCUT2D eigenvalue weighted by atomic mass is 9.89. The van der Waals surface area contributed by atoms with Crippen LogP contribution in [0.3, 0.4) is 0 Å². The highest BCUT2D eigenvalue weighted by atomic mass is 16.5. The summed E-state index contributed by atoms with van der Waals surface area (Å²) in [6.45, 7) is 1.66. The Bertz CT molecular complexity index is 319. The van der Waals surface area contributed by atoms with Crippen LogP contribution in [-0.2, 0) is 23.9 Å². The zero-order valence-electron chi connectivity index (χ0n) is 7.87. The van der Waals surface area contributed by atoms with Crippen LogP contribution in [0.25, 0.3) is 0 Å². The summed E-state index contributed by atoms with van der Waals surface area (Å²) < 4.78 is 4.14. The van der Waals surface area contributed by atoms with E-state index in [-0.39, 0.29) is 0 Å². The van der Waals surface area contributed by atoms with Gasteiger partial charge in [-0.15, -0.1) is 0 Å². The fourth-order valence-electron chi connectivity index (χ4n) is 0.698.